The van der Waals surface area contributed by atoms with E-state index >= 15 is 0 Å². The quantitative estimate of drug-likeness (QED) is 0.779. The third kappa shape index (κ3) is 3.03. The molecule has 0 bridgehead atoms. The van der Waals surface area contributed by atoms with Gasteiger partial charge in [0.25, 0.3) is 0 Å². The van der Waals surface area contributed by atoms with Gasteiger partial charge in [-0.05, 0) is 42.5 Å². The smallest absolute Gasteiger partial charge is 0.106 e. The van der Waals surface area contributed by atoms with Crippen LogP contribution in [0, 0.1) is 0 Å². The Balaban J connectivity index is 2.06. The van der Waals surface area contributed by atoms with E-state index in [9.17, 15) is 0 Å². The Labute approximate surface area is 127 Å². The molecule has 3 aromatic rings. The second-order valence-electron chi connectivity index (χ2n) is 4.86. The zero-order chi connectivity index (χ0) is 13.9. The lowest BCUT2D eigenvalue weighted by Crippen LogP contribution is -2.18. The molecule has 0 radical (unpaired) electrons. The third-order valence-corrected chi connectivity index (χ3v) is 5.08. The van der Waals surface area contributed by atoms with Crippen molar-refractivity contribution in [3.8, 4) is 0 Å². The van der Waals surface area contributed by atoms with Crippen LogP contribution in [0.2, 0.25) is 0 Å². The Bertz CT molecular complexity index is 706. The molecule has 0 amide bonds. The maximum absolute atomic E-state index is 5.98. The topological polar surface area (TPSA) is 38.9 Å². The second kappa shape index (κ2) is 5.95. The second-order valence-corrected chi connectivity index (χ2v) is 7.10. The molecule has 102 valence electrons. The van der Waals surface area contributed by atoms with Gasteiger partial charge in [0.2, 0.25) is 0 Å². The number of benzene rings is 1. The van der Waals surface area contributed by atoms with Crippen LogP contribution in [0.4, 0.5) is 0 Å². The Morgan fingerprint density at radius 1 is 1.25 bits per heavy atom. The molecule has 1 aromatic carbocycles. The minimum Gasteiger partial charge on any atom is -0.328 e. The van der Waals surface area contributed by atoms with E-state index < -0.39 is 0 Å². The van der Waals surface area contributed by atoms with Gasteiger partial charge in [-0.2, -0.15) is 0 Å². The molecule has 0 saturated carbocycles. The van der Waals surface area contributed by atoms with Gasteiger partial charge in [0.15, 0.2) is 0 Å². The fourth-order valence-corrected chi connectivity index (χ4v) is 3.94. The summed E-state index contributed by atoms with van der Waals surface area (Å²) in [5, 5.41) is 4.34. The van der Waals surface area contributed by atoms with Gasteiger partial charge in [-0.3, -0.25) is 0 Å². The number of pyridine rings is 1. The molecule has 0 spiro atoms. The molecule has 0 saturated heterocycles. The molecular formula is C16H16N2S2. The van der Waals surface area contributed by atoms with Gasteiger partial charge in [0.05, 0.1) is 9.73 Å². The van der Waals surface area contributed by atoms with Crippen molar-refractivity contribution in [1.82, 2.24) is 4.98 Å². The zero-order valence-corrected chi connectivity index (χ0v) is 12.9. The van der Waals surface area contributed by atoms with Crippen LogP contribution >= 0.6 is 23.1 Å². The van der Waals surface area contributed by atoms with E-state index in [0.717, 1.165) is 17.0 Å². The van der Waals surface area contributed by atoms with Crippen LogP contribution in [0.5, 0.6) is 0 Å². The number of rotatable bonds is 4. The van der Waals surface area contributed by atoms with Crippen molar-refractivity contribution in [3.05, 3.63) is 53.4 Å². The summed E-state index contributed by atoms with van der Waals surface area (Å²) in [6.07, 6.45) is 0.853. The minimum atomic E-state index is 0.139. The monoisotopic (exact) mass is 300 g/mol. The number of hydrogen-bond acceptors (Lipinski definition) is 4. The fraction of sp³-hybridized carbons (Fsp3) is 0.188. The number of nitrogens with two attached hydrogens (primary N) is 1. The highest BCUT2D eigenvalue weighted by atomic mass is 32.2. The SMILES string of the molecule is CC(N)Cc1cc2ccccc2nc1Sc1cccs1. The van der Waals surface area contributed by atoms with Crippen LogP contribution in [-0.4, -0.2) is 11.0 Å². The Kier molecular flexibility index (Phi) is 4.05. The molecule has 1 atom stereocenters. The van der Waals surface area contributed by atoms with Crippen LogP contribution in [-0.2, 0) is 6.42 Å². The van der Waals surface area contributed by atoms with Crippen LogP contribution in [0.25, 0.3) is 10.9 Å². The highest BCUT2D eigenvalue weighted by Crippen LogP contribution is 2.34. The van der Waals surface area contributed by atoms with Crippen LogP contribution < -0.4 is 5.73 Å². The third-order valence-electron chi connectivity index (χ3n) is 3.00. The first-order chi connectivity index (χ1) is 9.72. The fourth-order valence-electron chi connectivity index (χ4n) is 2.14. The van der Waals surface area contributed by atoms with E-state index in [1.54, 1.807) is 23.1 Å². The first-order valence-electron chi connectivity index (χ1n) is 6.58. The molecule has 2 heterocycles. The summed E-state index contributed by atoms with van der Waals surface area (Å²) in [4.78, 5) is 4.82. The van der Waals surface area contributed by atoms with Gasteiger partial charge in [-0.15, -0.1) is 11.3 Å². The molecule has 1 unspecified atom stereocenters. The van der Waals surface area contributed by atoms with Crippen molar-refractivity contribution in [1.29, 1.82) is 0 Å². The van der Waals surface area contributed by atoms with Gasteiger partial charge >= 0.3 is 0 Å². The van der Waals surface area contributed by atoms with Gasteiger partial charge in [-0.25, -0.2) is 4.98 Å². The predicted octanol–water partition coefficient (Wildman–Crippen LogP) is 4.34. The molecule has 0 aliphatic heterocycles. The highest BCUT2D eigenvalue weighted by molar-refractivity contribution is 8.01. The van der Waals surface area contributed by atoms with Crippen molar-refractivity contribution in [2.24, 2.45) is 5.73 Å². The summed E-state index contributed by atoms with van der Waals surface area (Å²) in [7, 11) is 0. The molecule has 2 N–H and O–H groups in total. The molecule has 3 rings (SSSR count). The van der Waals surface area contributed by atoms with Crippen molar-refractivity contribution >= 4 is 34.0 Å². The minimum absolute atomic E-state index is 0.139. The number of fused-ring (bicyclic) bond motifs is 1. The molecular weight excluding hydrogens is 284 g/mol. The first kappa shape index (κ1) is 13.6. The summed E-state index contributed by atoms with van der Waals surface area (Å²) in [6, 6.07) is 14.8. The largest absolute Gasteiger partial charge is 0.328 e. The molecule has 2 nitrogen and oxygen atoms in total. The normalized spacial score (nSPS) is 12.7. The number of thiophene rings is 1. The highest BCUT2D eigenvalue weighted by Gasteiger charge is 2.11. The molecule has 20 heavy (non-hydrogen) atoms. The predicted molar refractivity (Wildman–Crippen MR) is 87.5 cm³/mol. The lowest BCUT2D eigenvalue weighted by Gasteiger charge is -2.11. The molecule has 0 fully saturated rings. The van der Waals surface area contributed by atoms with E-state index in [1.165, 1.54) is 15.2 Å². The van der Waals surface area contributed by atoms with Crippen molar-refractivity contribution in [2.45, 2.75) is 28.6 Å². The Morgan fingerprint density at radius 2 is 2.10 bits per heavy atom. The molecule has 0 aliphatic carbocycles. The van der Waals surface area contributed by atoms with Gasteiger partial charge in [0.1, 0.15) is 5.03 Å². The summed E-state index contributed by atoms with van der Waals surface area (Å²) in [6.45, 7) is 2.04. The standard InChI is InChI=1S/C16H16N2S2/c1-11(17)9-13-10-12-5-2-3-6-14(12)18-16(13)20-15-7-4-8-19-15/h2-8,10-11H,9,17H2,1H3. The summed E-state index contributed by atoms with van der Waals surface area (Å²) >= 11 is 3.47. The maximum atomic E-state index is 5.98. The van der Waals surface area contributed by atoms with Gasteiger partial charge in [0, 0.05) is 11.4 Å². The molecule has 2 aromatic heterocycles. The molecule has 0 aliphatic rings. The van der Waals surface area contributed by atoms with Crippen molar-refractivity contribution < 1.29 is 0 Å². The maximum Gasteiger partial charge on any atom is 0.106 e. The van der Waals surface area contributed by atoms with E-state index in [4.69, 9.17) is 10.7 Å². The number of hydrogen-bond donors (Lipinski definition) is 1. The van der Waals surface area contributed by atoms with E-state index in [1.807, 2.05) is 19.1 Å². The van der Waals surface area contributed by atoms with E-state index in [2.05, 4.69) is 35.7 Å². The van der Waals surface area contributed by atoms with Crippen molar-refractivity contribution in [3.63, 3.8) is 0 Å². The lowest BCUT2D eigenvalue weighted by molar-refractivity contribution is 0.724. The average Bonchev–Trinajstić information content (AvgIpc) is 2.92. The average molecular weight is 300 g/mol. The molecule has 4 heteroatoms. The van der Waals surface area contributed by atoms with Crippen LogP contribution in [0.1, 0.15) is 12.5 Å². The Hall–Kier alpha value is -1.36. The zero-order valence-electron chi connectivity index (χ0n) is 11.2. The number of para-hydroxylation sites is 1. The van der Waals surface area contributed by atoms with Crippen molar-refractivity contribution in [2.75, 3.05) is 0 Å². The van der Waals surface area contributed by atoms with Gasteiger partial charge in [-0.1, -0.05) is 36.0 Å². The Morgan fingerprint density at radius 3 is 2.85 bits per heavy atom. The van der Waals surface area contributed by atoms with E-state index in [0.29, 0.717) is 0 Å². The van der Waals surface area contributed by atoms with Crippen LogP contribution in [0.3, 0.4) is 0 Å². The summed E-state index contributed by atoms with van der Waals surface area (Å²) < 4.78 is 1.26. The summed E-state index contributed by atoms with van der Waals surface area (Å²) in [5.74, 6) is 0. The summed E-state index contributed by atoms with van der Waals surface area (Å²) in [5.41, 5.74) is 8.25. The number of aromatic nitrogens is 1. The first-order valence-corrected chi connectivity index (χ1v) is 8.27. The number of nitrogens with zero attached hydrogens (tertiary/aromatic N) is 1. The van der Waals surface area contributed by atoms with Crippen LogP contribution in [0.15, 0.2) is 57.1 Å². The van der Waals surface area contributed by atoms with E-state index in [-0.39, 0.29) is 6.04 Å². The van der Waals surface area contributed by atoms with Gasteiger partial charge < -0.3 is 5.73 Å². The lowest BCUT2D eigenvalue weighted by atomic mass is 10.1.